The first-order chi connectivity index (χ1) is 7.63. The second-order valence-corrected chi connectivity index (χ2v) is 5.60. The van der Waals surface area contributed by atoms with Crippen molar-refractivity contribution >= 4 is 45.5 Å². The van der Waals surface area contributed by atoms with Gasteiger partial charge in [0.25, 0.3) is 0 Å². The molecule has 0 N–H and O–H groups in total. The maximum absolute atomic E-state index is 6.11. The number of thiophene rings is 1. The summed E-state index contributed by atoms with van der Waals surface area (Å²) in [6.07, 6.45) is 0.872. The molecule has 0 aliphatic heterocycles. The van der Waals surface area contributed by atoms with E-state index in [1.807, 2.05) is 0 Å². The summed E-state index contributed by atoms with van der Waals surface area (Å²) in [7, 11) is 0. The Morgan fingerprint density at radius 3 is 2.69 bits per heavy atom. The van der Waals surface area contributed by atoms with Crippen molar-refractivity contribution in [3.8, 4) is 11.4 Å². The van der Waals surface area contributed by atoms with Crippen LogP contribution in [0.4, 0.5) is 0 Å². The molecular weight excluding hydrogens is 355 g/mol. The summed E-state index contributed by atoms with van der Waals surface area (Å²) in [5.41, 5.74) is 3.29. The van der Waals surface area contributed by atoms with Crippen molar-refractivity contribution < 1.29 is 0 Å². The standard InChI is InChI=1S/C11H10ClIN2S/c1-3-8-9(13)10(12)15-11(14-8)7-5-16-4-6(7)2/h4-5H,3H2,1-2H3. The summed E-state index contributed by atoms with van der Waals surface area (Å²) < 4.78 is 0.957. The van der Waals surface area contributed by atoms with E-state index >= 15 is 0 Å². The van der Waals surface area contributed by atoms with E-state index in [1.54, 1.807) is 11.3 Å². The number of aryl methyl sites for hydroxylation is 2. The molecule has 2 aromatic rings. The summed E-state index contributed by atoms with van der Waals surface area (Å²) in [5, 5.41) is 4.71. The Labute approximate surface area is 117 Å². The van der Waals surface area contributed by atoms with Crippen molar-refractivity contribution in [1.29, 1.82) is 0 Å². The Hall–Kier alpha value is -0.200. The third-order valence-electron chi connectivity index (χ3n) is 2.31. The number of halogens is 2. The second kappa shape index (κ2) is 4.98. The highest BCUT2D eigenvalue weighted by Crippen LogP contribution is 2.28. The molecule has 84 valence electrons. The van der Waals surface area contributed by atoms with E-state index in [0.29, 0.717) is 5.15 Å². The lowest BCUT2D eigenvalue weighted by Crippen LogP contribution is -1.99. The van der Waals surface area contributed by atoms with Gasteiger partial charge in [-0.25, -0.2) is 9.97 Å². The minimum atomic E-state index is 0.549. The first-order valence-electron chi connectivity index (χ1n) is 4.88. The highest BCUT2D eigenvalue weighted by Gasteiger charge is 2.12. The molecule has 0 radical (unpaired) electrons. The van der Waals surface area contributed by atoms with Gasteiger partial charge in [-0.2, -0.15) is 11.3 Å². The first-order valence-corrected chi connectivity index (χ1v) is 7.28. The van der Waals surface area contributed by atoms with Crippen molar-refractivity contribution in [1.82, 2.24) is 9.97 Å². The SMILES string of the molecule is CCc1nc(-c2cscc2C)nc(Cl)c1I. The molecule has 0 saturated heterocycles. The van der Waals surface area contributed by atoms with Gasteiger partial charge in [0.15, 0.2) is 5.82 Å². The monoisotopic (exact) mass is 364 g/mol. The molecule has 0 saturated carbocycles. The van der Waals surface area contributed by atoms with E-state index in [9.17, 15) is 0 Å². The predicted molar refractivity (Wildman–Crippen MR) is 77.2 cm³/mol. The lowest BCUT2D eigenvalue weighted by Gasteiger charge is -2.06. The van der Waals surface area contributed by atoms with Crippen molar-refractivity contribution in [2.45, 2.75) is 20.3 Å². The Kier molecular flexibility index (Phi) is 3.81. The van der Waals surface area contributed by atoms with Crippen molar-refractivity contribution in [2.24, 2.45) is 0 Å². The maximum Gasteiger partial charge on any atom is 0.162 e. The molecule has 0 spiro atoms. The molecule has 0 bridgehead atoms. The Morgan fingerprint density at radius 2 is 2.12 bits per heavy atom. The molecule has 2 aromatic heterocycles. The van der Waals surface area contributed by atoms with Gasteiger partial charge < -0.3 is 0 Å². The summed E-state index contributed by atoms with van der Waals surface area (Å²) in [4.78, 5) is 8.90. The minimum Gasteiger partial charge on any atom is -0.232 e. The van der Waals surface area contributed by atoms with E-state index < -0.39 is 0 Å². The Bertz CT molecular complexity index is 525. The summed E-state index contributed by atoms with van der Waals surface area (Å²) in [6.45, 7) is 4.14. The molecule has 0 fully saturated rings. The molecule has 2 nitrogen and oxygen atoms in total. The first kappa shape index (κ1) is 12.3. The maximum atomic E-state index is 6.11. The zero-order valence-electron chi connectivity index (χ0n) is 8.92. The average molecular weight is 365 g/mol. The van der Waals surface area contributed by atoms with E-state index in [4.69, 9.17) is 11.6 Å². The molecule has 0 unspecified atom stereocenters. The topological polar surface area (TPSA) is 25.8 Å². The van der Waals surface area contributed by atoms with Gasteiger partial charge in [0.05, 0.1) is 9.26 Å². The van der Waals surface area contributed by atoms with Crippen molar-refractivity contribution in [3.05, 3.63) is 30.7 Å². The fourth-order valence-corrected chi connectivity index (χ4v) is 3.05. The zero-order chi connectivity index (χ0) is 11.7. The fourth-order valence-electron chi connectivity index (χ4n) is 1.41. The zero-order valence-corrected chi connectivity index (χ0v) is 12.7. The van der Waals surface area contributed by atoms with Gasteiger partial charge in [-0.1, -0.05) is 18.5 Å². The highest BCUT2D eigenvalue weighted by molar-refractivity contribution is 14.1. The number of rotatable bonds is 2. The van der Waals surface area contributed by atoms with Gasteiger partial charge in [-0.3, -0.25) is 0 Å². The van der Waals surface area contributed by atoms with E-state index in [0.717, 1.165) is 27.1 Å². The van der Waals surface area contributed by atoms with Crippen LogP contribution in [0.3, 0.4) is 0 Å². The molecule has 0 atom stereocenters. The van der Waals surface area contributed by atoms with Crippen molar-refractivity contribution in [3.63, 3.8) is 0 Å². The molecule has 0 aliphatic carbocycles. The van der Waals surface area contributed by atoms with Crippen LogP contribution in [0.5, 0.6) is 0 Å². The van der Waals surface area contributed by atoms with Crippen LogP contribution >= 0.6 is 45.5 Å². The van der Waals surface area contributed by atoms with E-state index in [1.165, 1.54) is 5.56 Å². The van der Waals surface area contributed by atoms with Gasteiger partial charge in [0.2, 0.25) is 0 Å². The fraction of sp³-hybridized carbons (Fsp3) is 0.273. The molecule has 2 heterocycles. The van der Waals surface area contributed by atoms with E-state index in [2.05, 4.69) is 57.2 Å². The summed E-state index contributed by atoms with van der Waals surface area (Å²) >= 11 is 9.97. The van der Waals surface area contributed by atoms with Crippen LogP contribution in [0.25, 0.3) is 11.4 Å². The Morgan fingerprint density at radius 1 is 1.38 bits per heavy atom. The van der Waals surface area contributed by atoms with Gasteiger partial charge in [0.1, 0.15) is 5.15 Å². The molecule has 0 aromatic carbocycles. The largest absolute Gasteiger partial charge is 0.232 e. The second-order valence-electron chi connectivity index (χ2n) is 3.42. The van der Waals surface area contributed by atoms with Crippen LogP contribution in [0, 0.1) is 10.5 Å². The molecule has 16 heavy (non-hydrogen) atoms. The summed E-state index contributed by atoms with van der Waals surface area (Å²) in [6, 6.07) is 0. The molecule has 5 heteroatoms. The van der Waals surface area contributed by atoms with Gasteiger partial charge in [0, 0.05) is 10.9 Å². The minimum absolute atomic E-state index is 0.549. The van der Waals surface area contributed by atoms with Crippen LogP contribution in [0.15, 0.2) is 10.8 Å². The average Bonchev–Trinajstić information content (AvgIpc) is 2.68. The molecule has 0 amide bonds. The third-order valence-corrected chi connectivity index (χ3v) is 4.90. The number of nitrogens with zero attached hydrogens (tertiary/aromatic N) is 2. The van der Waals surface area contributed by atoms with Crippen LogP contribution in [0.2, 0.25) is 5.15 Å². The summed E-state index contributed by atoms with van der Waals surface area (Å²) in [5.74, 6) is 0.737. The molecule has 2 rings (SSSR count). The van der Waals surface area contributed by atoms with Gasteiger partial charge in [-0.05, 0) is 46.9 Å². The van der Waals surface area contributed by atoms with Crippen molar-refractivity contribution in [2.75, 3.05) is 0 Å². The highest BCUT2D eigenvalue weighted by atomic mass is 127. The molecular formula is C11H10ClIN2S. The molecule has 0 aliphatic rings. The van der Waals surface area contributed by atoms with Crippen LogP contribution in [0.1, 0.15) is 18.2 Å². The smallest absolute Gasteiger partial charge is 0.162 e. The van der Waals surface area contributed by atoms with Crippen LogP contribution in [-0.4, -0.2) is 9.97 Å². The number of aromatic nitrogens is 2. The lowest BCUT2D eigenvalue weighted by molar-refractivity contribution is 0.989. The third kappa shape index (κ3) is 2.24. The van der Waals surface area contributed by atoms with Crippen LogP contribution < -0.4 is 0 Å². The lowest BCUT2D eigenvalue weighted by atomic mass is 10.2. The quantitative estimate of drug-likeness (QED) is 0.585. The number of hydrogen-bond donors (Lipinski definition) is 0. The number of hydrogen-bond acceptors (Lipinski definition) is 3. The van der Waals surface area contributed by atoms with Gasteiger partial charge >= 0.3 is 0 Å². The normalized spacial score (nSPS) is 10.8. The van der Waals surface area contributed by atoms with E-state index in [-0.39, 0.29) is 0 Å². The van der Waals surface area contributed by atoms with Crippen LogP contribution in [-0.2, 0) is 6.42 Å². The Balaban J connectivity index is 2.59. The van der Waals surface area contributed by atoms with Gasteiger partial charge in [-0.15, -0.1) is 0 Å². The predicted octanol–water partition coefficient (Wildman–Crippen LogP) is 4.33.